The molecule has 0 bridgehead atoms. The predicted octanol–water partition coefficient (Wildman–Crippen LogP) is 3.68. The number of pyridine rings is 1. The monoisotopic (exact) mass is 308 g/mol. The Morgan fingerprint density at radius 3 is 2.74 bits per heavy atom. The number of esters is 1. The summed E-state index contributed by atoms with van der Waals surface area (Å²) in [7, 11) is 1.42. The molecule has 0 radical (unpaired) electrons. The lowest BCUT2D eigenvalue weighted by atomic mass is 10.1. The van der Waals surface area contributed by atoms with Crippen molar-refractivity contribution in [3.05, 3.63) is 65.1 Å². The summed E-state index contributed by atoms with van der Waals surface area (Å²) in [5.41, 5.74) is 4.94. The first-order chi connectivity index (χ1) is 11.1. The normalized spacial score (nSPS) is 10.9. The van der Waals surface area contributed by atoms with Gasteiger partial charge in [0.2, 0.25) is 0 Å². The van der Waals surface area contributed by atoms with Gasteiger partial charge in [-0.2, -0.15) is 0 Å². The Labute approximate surface area is 135 Å². The lowest BCUT2D eigenvalue weighted by molar-refractivity contribution is 0.0602. The van der Waals surface area contributed by atoms with Gasteiger partial charge in [0.1, 0.15) is 0 Å². The van der Waals surface area contributed by atoms with E-state index in [2.05, 4.69) is 15.6 Å². The maximum absolute atomic E-state index is 12.1. The van der Waals surface area contributed by atoms with Gasteiger partial charge < -0.3 is 9.30 Å². The number of aryl methyl sites for hydroxylation is 3. The molecule has 0 aliphatic carbocycles. The van der Waals surface area contributed by atoms with Crippen LogP contribution in [0.2, 0.25) is 0 Å². The molecule has 2 aromatic heterocycles. The SMILES string of the molecule is COC(=O)c1c(C)n(CCc2ccnc(C)c2)c2ccccc12. The Kier molecular flexibility index (Phi) is 4.15. The summed E-state index contributed by atoms with van der Waals surface area (Å²) in [6.07, 6.45) is 2.73. The summed E-state index contributed by atoms with van der Waals surface area (Å²) < 4.78 is 7.15. The van der Waals surface area contributed by atoms with Crippen molar-refractivity contribution in [3.8, 4) is 0 Å². The van der Waals surface area contributed by atoms with E-state index < -0.39 is 0 Å². The van der Waals surface area contributed by atoms with Crippen LogP contribution < -0.4 is 0 Å². The van der Waals surface area contributed by atoms with Crippen molar-refractivity contribution in [2.75, 3.05) is 7.11 Å². The second kappa shape index (κ2) is 6.24. The van der Waals surface area contributed by atoms with Crippen molar-refractivity contribution < 1.29 is 9.53 Å². The van der Waals surface area contributed by atoms with Crippen LogP contribution in [0.25, 0.3) is 10.9 Å². The highest BCUT2D eigenvalue weighted by molar-refractivity contribution is 6.05. The maximum atomic E-state index is 12.1. The molecule has 4 heteroatoms. The quantitative estimate of drug-likeness (QED) is 0.691. The van der Waals surface area contributed by atoms with Crippen molar-refractivity contribution >= 4 is 16.9 Å². The number of benzene rings is 1. The molecule has 0 unspecified atom stereocenters. The summed E-state index contributed by atoms with van der Waals surface area (Å²) in [4.78, 5) is 16.4. The number of aromatic nitrogens is 2. The van der Waals surface area contributed by atoms with Gasteiger partial charge in [-0.05, 0) is 44.0 Å². The summed E-state index contributed by atoms with van der Waals surface area (Å²) >= 11 is 0. The number of para-hydroxylation sites is 1. The number of nitrogens with zero attached hydrogens (tertiary/aromatic N) is 2. The van der Waals surface area contributed by atoms with E-state index in [4.69, 9.17) is 4.74 Å². The van der Waals surface area contributed by atoms with Crippen LogP contribution in [-0.2, 0) is 17.7 Å². The zero-order valence-corrected chi connectivity index (χ0v) is 13.7. The van der Waals surface area contributed by atoms with Gasteiger partial charge in [-0.3, -0.25) is 4.98 Å². The third-order valence-electron chi connectivity index (χ3n) is 4.21. The first kappa shape index (κ1) is 15.3. The predicted molar refractivity (Wildman–Crippen MR) is 90.7 cm³/mol. The Morgan fingerprint density at radius 1 is 1.22 bits per heavy atom. The highest BCUT2D eigenvalue weighted by Crippen LogP contribution is 2.26. The van der Waals surface area contributed by atoms with Crippen LogP contribution in [0.3, 0.4) is 0 Å². The molecule has 0 aliphatic heterocycles. The summed E-state index contributed by atoms with van der Waals surface area (Å²) in [5, 5.41) is 0.947. The van der Waals surface area contributed by atoms with Crippen molar-refractivity contribution in [2.45, 2.75) is 26.8 Å². The molecule has 0 fully saturated rings. The lowest BCUT2D eigenvalue weighted by Gasteiger charge is -2.09. The third kappa shape index (κ3) is 2.84. The molecule has 1 aromatic carbocycles. The fraction of sp³-hybridized carbons (Fsp3) is 0.263. The molecule has 3 rings (SSSR count). The third-order valence-corrected chi connectivity index (χ3v) is 4.21. The van der Waals surface area contributed by atoms with E-state index in [9.17, 15) is 4.79 Å². The van der Waals surface area contributed by atoms with E-state index >= 15 is 0 Å². The molecule has 4 nitrogen and oxygen atoms in total. The van der Waals surface area contributed by atoms with E-state index in [1.54, 1.807) is 0 Å². The number of hydrogen-bond donors (Lipinski definition) is 0. The standard InChI is InChI=1S/C19H20N2O2/c1-13-12-15(8-10-20-13)9-11-21-14(2)18(19(22)23-3)16-6-4-5-7-17(16)21/h4-8,10,12H,9,11H2,1-3H3. The highest BCUT2D eigenvalue weighted by atomic mass is 16.5. The van der Waals surface area contributed by atoms with Gasteiger partial charge in [0.05, 0.1) is 12.7 Å². The highest BCUT2D eigenvalue weighted by Gasteiger charge is 2.19. The molecule has 23 heavy (non-hydrogen) atoms. The summed E-state index contributed by atoms with van der Waals surface area (Å²) in [6, 6.07) is 12.1. The van der Waals surface area contributed by atoms with Crippen LogP contribution in [0.1, 0.15) is 27.3 Å². The van der Waals surface area contributed by atoms with Crippen LogP contribution >= 0.6 is 0 Å². The number of methoxy groups -OCH3 is 1. The zero-order chi connectivity index (χ0) is 16.4. The van der Waals surface area contributed by atoms with Gasteiger partial charge in [-0.15, -0.1) is 0 Å². The van der Waals surface area contributed by atoms with Crippen molar-refractivity contribution in [1.82, 2.24) is 9.55 Å². The number of hydrogen-bond acceptors (Lipinski definition) is 3. The van der Waals surface area contributed by atoms with E-state index in [0.29, 0.717) is 5.56 Å². The average Bonchev–Trinajstić information content (AvgIpc) is 2.84. The molecule has 0 atom stereocenters. The van der Waals surface area contributed by atoms with Crippen LogP contribution in [-0.4, -0.2) is 22.6 Å². The average molecular weight is 308 g/mol. The molecule has 2 heterocycles. The number of carbonyl (C=O) groups is 1. The molecule has 0 saturated carbocycles. The van der Waals surface area contributed by atoms with E-state index in [1.807, 2.05) is 50.4 Å². The van der Waals surface area contributed by atoms with Gasteiger partial charge in [-0.25, -0.2) is 4.79 Å². The lowest BCUT2D eigenvalue weighted by Crippen LogP contribution is -2.07. The van der Waals surface area contributed by atoms with Crippen LogP contribution in [0.5, 0.6) is 0 Å². The van der Waals surface area contributed by atoms with Gasteiger partial charge in [0.25, 0.3) is 0 Å². The molecule has 0 N–H and O–H groups in total. The minimum Gasteiger partial charge on any atom is -0.465 e. The van der Waals surface area contributed by atoms with Crippen molar-refractivity contribution in [2.24, 2.45) is 0 Å². The van der Waals surface area contributed by atoms with Gasteiger partial charge in [-0.1, -0.05) is 18.2 Å². The molecule has 0 saturated heterocycles. The zero-order valence-electron chi connectivity index (χ0n) is 13.7. The second-order valence-corrected chi connectivity index (χ2v) is 5.68. The largest absolute Gasteiger partial charge is 0.465 e. The second-order valence-electron chi connectivity index (χ2n) is 5.68. The van der Waals surface area contributed by atoms with Gasteiger partial charge in [0, 0.05) is 35.0 Å². The van der Waals surface area contributed by atoms with Gasteiger partial charge in [0.15, 0.2) is 0 Å². The smallest absolute Gasteiger partial charge is 0.340 e. The fourth-order valence-corrected chi connectivity index (χ4v) is 3.08. The Morgan fingerprint density at radius 2 is 2.00 bits per heavy atom. The molecule has 0 spiro atoms. The molecular formula is C19H20N2O2. The number of ether oxygens (including phenoxy) is 1. The Balaban J connectivity index is 2.00. The van der Waals surface area contributed by atoms with E-state index in [0.717, 1.165) is 35.3 Å². The topological polar surface area (TPSA) is 44.1 Å². The Hall–Kier alpha value is -2.62. The first-order valence-corrected chi connectivity index (χ1v) is 7.69. The van der Waals surface area contributed by atoms with Crippen LogP contribution in [0.15, 0.2) is 42.6 Å². The summed E-state index contributed by atoms with van der Waals surface area (Å²) in [6.45, 7) is 4.78. The fourth-order valence-electron chi connectivity index (χ4n) is 3.08. The molecule has 0 aliphatic rings. The van der Waals surface area contributed by atoms with E-state index in [-0.39, 0.29) is 5.97 Å². The van der Waals surface area contributed by atoms with Crippen LogP contribution in [0, 0.1) is 13.8 Å². The molecular weight excluding hydrogens is 288 g/mol. The molecule has 118 valence electrons. The van der Waals surface area contributed by atoms with Crippen LogP contribution in [0.4, 0.5) is 0 Å². The first-order valence-electron chi connectivity index (χ1n) is 7.69. The Bertz CT molecular complexity index is 865. The molecule has 0 amide bonds. The van der Waals surface area contributed by atoms with Crippen molar-refractivity contribution in [1.29, 1.82) is 0 Å². The number of carbonyl (C=O) groups excluding carboxylic acids is 1. The van der Waals surface area contributed by atoms with Crippen molar-refractivity contribution in [3.63, 3.8) is 0 Å². The minimum atomic E-state index is -0.280. The molecule has 3 aromatic rings. The number of fused-ring (bicyclic) bond motifs is 1. The van der Waals surface area contributed by atoms with E-state index in [1.165, 1.54) is 12.7 Å². The maximum Gasteiger partial charge on any atom is 0.340 e. The summed E-state index contributed by atoms with van der Waals surface area (Å²) in [5.74, 6) is -0.280. The van der Waals surface area contributed by atoms with Gasteiger partial charge >= 0.3 is 5.97 Å². The minimum absolute atomic E-state index is 0.280. The number of rotatable bonds is 4.